The minimum absolute atomic E-state index is 0.119. The number of piperazine rings is 1. The van der Waals surface area contributed by atoms with Gasteiger partial charge in [0.1, 0.15) is 5.82 Å². The van der Waals surface area contributed by atoms with Crippen molar-refractivity contribution in [2.45, 2.75) is 32.9 Å². The van der Waals surface area contributed by atoms with E-state index in [4.69, 9.17) is 0 Å². The minimum Gasteiger partial charge on any atom is -0.340 e. The monoisotopic (exact) mass is 357 g/mol. The van der Waals surface area contributed by atoms with Crippen LogP contribution < -0.4 is 10.9 Å². The number of benzene rings is 1. The van der Waals surface area contributed by atoms with E-state index in [2.05, 4.69) is 34.0 Å². The number of aromatic nitrogens is 2. The molecule has 2 aromatic rings. The molecule has 7 heteroatoms. The maximum Gasteiger partial charge on any atom is 0.258 e. The summed E-state index contributed by atoms with van der Waals surface area (Å²) in [4.78, 5) is 36.2. The highest BCUT2D eigenvalue weighted by Gasteiger charge is 2.19. The molecule has 1 amide bonds. The van der Waals surface area contributed by atoms with Crippen molar-refractivity contribution in [1.29, 1.82) is 0 Å². The van der Waals surface area contributed by atoms with E-state index < -0.39 is 0 Å². The van der Waals surface area contributed by atoms with Crippen LogP contribution in [-0.2, 0) is 11.3 Å². The molecule has 26 heavy (non-hydrogen) atoms. The fraction of sp³-hybridized carbons (Fsp3) is 0.526. The molecule has 0 unspecified atom stereocenters. The lowest BCUT2D eigenvalue weighted by Crippen LogP contribution is -2.47. The summed E-state index contributed by atoms with van der Waals surface area (Å²) in [6.07, 6.45) is 0.482. The highest BCUT2D eigenvalue weighted by molar-refractivity contribution is 5.77. The summed E-state index contributed by atoms with van der Waals surface area (Å²) in [6, 6.07) is 7.59. The standard InChI is InChI=1S/C19H27N5O2/c1-14(2)24(10-7-18(25)23-11-8-20-9-12-23)13-17-21-16-6-4-3-5-15(16)19(26)22-17/h3-6,14,20H,7-13H2,1-2H3,(H,21,22,26). The zero-order valence-corrected chi connectivity index (χ0v) is 15.5. The topological polar surface area (TPSA) is 81.3 Å². The van der Waals surface area contributed by atoms with Gasteiger partial charge in [-0.25, -0.2) is 4.98 Å². The summed E-state index contributed by atoms with van der Waals surface area (Å²) in [7, 11) is 0. The van der Waals surface area contributed by atoms with E-state index >= 15 is 0 Å². The first-order valence-electron chi connectivity index (χ1n) is 9.25. The first-order valence-corrected chi connectivity index (χ1v) is 9.25. The van der Waals surface area contributed by atoms with Gasteiger partial charge in [0, 0.05) is 45.2 Å². The van der Waals surface area contributed by atoms with Crippen molar-refractivity contribution in [3.05, 3.63) is 40.4 Å². The Morgan fingerprint density at radius 1 is 1.27 bits per heavy atom. The number of nitrogens with zero attached hydrogens (tertiary/aromatic N) is 3. The van der Waals surface area contributed by atoms with Gasteiger partial charge in [-0.2, -0.15) is 0 Å². The fourth-order valence-corrected chi connectivity index (χ4v) is 3.23. The number of carbonyl (C=O) groups is 1. The smallest absolute Gasteiger partial charge is 0.258 e. The minimum atomic E-state index is -0.119. The van der Waals surface area contributed by atoms with Gasteiger partial charge in [0.2, 0.25) is 5.91 Å². The summed E-state index contributed by atoms with van der Waals surface area (Å²) < 4.78 is 0. The van der Waals surface area contributed by atoms with E-state index in [0.29, 0.717) is 36.2 Å². The van der Waals surface area contributed by atoms with Gasteiger partial charge < -0.3 is 15.2 Å². The fourth-order valence-electron chi connectivity index (χ4n) is 3.23. The molecule has 0 atom stereocenters. The third-order valence-corrected chi connectivity index (χ3v) is 4.83. The predicted octanol–water partition coefficient (Wildman–Crippen LogP) is 0.955. The lowest BCUT2D eigenvalue weighted by molar-refractivity contribution is -0.132. The molecule has 1 aliphatic heterocycles. The van der Waals surface area contributed by atoms with Crippen LogP contribution in [0.1, 0.15) is 26.1 Å². The predicted molar refractivity (Wildman–Crippen MR) is 102 cm³/mol. The Bertz CT molecular complexity index is 811. The van der Waals surface area contributed by atoms with Gasteiger partial charge in [0.25, 0.3) is 5.56 Å². The molecular weight excluding hydrogens is 330 g/mol. The first kappa shape index (κ1) is 18.5. The first-order chi connectivity index (χ1) is 12.5. The molecule has 7 nitrogen and oxygen atoms in total. The van der Waals surface area contributed by atoms with Gasteiger partial charge >= 0.3 is 0 Å². The molecular formula is C19H27N5O2. The Hall–Kier alpha value is -2.25. The number of para-hydroxylation sites is 1. The number of hydrogen-bond donors (Lipinski definition) is 2. The van der Waals surface area contributed by atoms with Crippen molar-refractivity contribution >= 4 is 16.8 Å². The lowest BCUT2D eigenvalue weighted by atomic mass is 10.2. The van der Waals surface area contributed by atoms with Crippen molar-refractivity contribution in [1.82, 2.24) is 25.1 Å². The van der Waals surface area contributed by atoms with Crippen LogP contribution in [0.25, 0.3) is 10.9 Å². The summed E-state index contributed by atoms with van der Waals surface area (Å²) in [5.41, 5.74) is 0.582. The van der Waals surface area contributed by atoms with Gasteiger partial charge in [-0.15, -0.1) is 0 Å². The van der Waals surface area contributed by atoms with Crippen molar-refractivity contribution in [3.8, 4) is 0 Å². The van der Waals surface area contributed by atoms with Gasteiger partial charge in [-0.05, 0) is 26.0 Å². The van der Waals surface area contributed by atoms with Crippen LogP contribution in [-0.4, -0.2) is 64.4 Å². The van der Waals surface area contributed by atoms with Crippen LogP contribution in [0, 0.1) is 0 Å². The highest BCUT2D eigenvalue weighted by atomic mass is 16.2. The number of nitrogens with one attached hydrogen (secondary N) is 2. The molecule has 3 rings (SSSR count). The average molecular weight is 357 g/mol. The third-order valence-electron chi connectivity index (χ3n) is 4.83. The molecule has 1 fully saturated rings. The summed E-state index contributed by atoms with van der Waals surface area (Å²) in [6.45, 7) is 8.64. The van der Waals surface area contributed by atoms with E-state index in [1.807, 2.05) is 23.1 Å². The average Bonchev–Trinajstić information content (AvgIpc) is 2.65. The van der Waals surface area contributed by atoms with Gasteiger partial charge in [-0.3, -0.25) is 14.5 Å². The number of H-pyrrole nitrogens is 1. The van der Waals surface area contributed by atoms with Gasteiger partial charge in [0.05, 0.1) is 17.4 Å². The SMILES string of the molecule is CC(C)N(CCC(=O)N1CCNCC1)Cc1nc2ccccc2c(=O)[nH]1. The Balaban J connectivity index is 1.66. The van der Waals surface area contributed by atoms with E-state index in [1.54, 1.807) is 6.07 Å². The molecule has 0 spiro atoms. The van der Waals surface area contributed by atoms with Gasteiger partial charge in [-0.1, -0.05) is 12.1 Å². The number of hydrogen-bond acceptors (Lipinski definition) is 5. The Morgan fingerprint density at radius 2 is 2.00 bits per heavy atom. The maximum atomic E-state index is 12.4. The molecule has 0 aliphatic carbocycles. The van der Waals surface area contributed by atoms with Crippen LogP contribution in [0.3, 0.4) is 0 Å². The second kappa shape index (κ2) is 8.42. The number of rotatable bonds is 6. The Morgan fingerprint density at radius 3 is 2.73 bits per heavy atom. The largest absolute Gasteiger partial charge is 0.340 e. The molecule has 1 aliphatic rings. The number of carbonyl (C=O) groups excluding carboxylic acids is 1. The molecule has 140 valence electrons. The molecule has 1 aromatic heterocycles. The van der Waals surface area contributed by atoms with E-state index in [1.165, 1.54) is 0 Å². The van der Waals surface area contributed by atoms with Crippen LogP contribution in [0.15, 0.2) is 29.1 Å². The zero-order chi connectivity index (χ0) is 18.5. The maximum absolute atomic E-state index is 12.4. The zero-order valence-electron chi connectivity index (χ0n) is 15.5. The molecule has 0 saturated carbocycles. The van der Waals surface area contributed by atoms with Crippen molar-refractivity contribution in [3.63, 3.8) is 0 Å². The Labute approximate surface area is 153 Å². The molecule has 0 radical (unpaired) electrons. The molecule has 1 aromatic carbocycles. The summed E-state index contributed by atoms with van der Waals surface area (Å²) in [5.74, 6) is 0.828. The molecule has 1 saturated heterocycles. The highest BCUT2D eigenvalue weighted by Crippen LogP contribution is 2.10. The van der Waals surface area contributed by atoms with E-state index in [0.717, 1.165) is 26.2 Å². The summed E-state index contributed by atoms with van der Waals surface area (Å²) >= 11 is 0. The normalized spacial score (nSPS) is 15.2. The van der Waals surface area contributed by atoms with Crippen molar-refractivity contribution in [2.75, 3.05) is 32.7 Å². The number of amides is 1. The quantitative estimate of drug-likeness (QED) is 0.805. The van der Waals surface area contributed by atoms with Crippen molar-refractivity contribution < 1.29 is 4.79 Å². The number of aromatic amines is 1. The van der Waals surface area contributed by atoms with Crippen LogP contribution in [0.4, 0.5) is 0 Å². The van der Waals surface area contributed by atoms with Crippen molar-refractivity contribution in [2.24, 2.45) is 0 Å². The second-order valence-electron chi connectivity index (χ2n) is 6.97. The van der Waals surface area contributed by atoms with Crippen LogP contribution in [0.2, 0.25) is 0 Å². The Kier molecular flexibility index (Phi) is 6.00. The third kappa shape index (κ3) is 4.47. The molecule has 2 heterocycles. The molecule has 0 bridgehead atoms. The van der Waals surface area contributed by atoms with Crippen LogP contribution in [0.5, 0.6) is 0 Å². The van der Waals surface area contributed by atoms with Gasteiger partial charge in [0.15, 0.2) is 0 Å². The second-order valence-corrected chi connectivity index (χ2v) is 6.97. The van der Waals surface area contributed by atoms with E-state index in [9.17, 15) is 9.59 Å². The lowest BCUT2D eigenvalue weighted by Gasteiger charge is -2.30. The number of fused-ring (bicyclic) bond motifs is 1. The van der Waals surface area contributed by atoms with E-state index in [-0.39, 0.29) is 17.5 Å². The summed E-state index contributed by atoms with van der Waals surface area (Å²) in [5, 5.41) is 3.86. The molecule has 2 N–H and O–H groups in total. The van der Waals surface area contributed by atoms with Crippen LogP contribution >= 0.6 is 0 Å².